The molecule has 2 heterocycles. The molecular weight excluding hydrogens is 332 g/mol. The summed E-state index contributed by atoms with van der Waals surface area (Å²) in [6, 6.07) is 12.0. The van der Waals surface area contributed by atoms with Crippen LogP contribution in [0, 0.1) is 0 Å². The number of methoxy groups -OCH3 is 2. The molecule has 4 aromatic rings. The molecule has 2 aromatic heterocycles. The van der Waals surface area contributed by atoms with Gasteiger partial charge in [-0.15, -0.1) is 0 Å². The summed E-state index contributed by atoms with van der Waals surface area (Å²) in [6.07, 6.45) is 1.50. The standard InChI is InChI=1S/C20H16N2O4/c1-25-12-3-5-17-14(8-12)15-7-11(10-21-20(15)22-17)19(24)16-9-13(26-2)4-6-18(16)23/h3-10,23H,1-2H3,(H,21,22). The van der Waals surface area contributed by atoms with Gasteiger partial charge in [-0.25, -0.2) is 4.98 Å². The van der Waals surface area contributed by atoms with E-state index < -0.39 is 0 Å². The van der Waals surface area contributed by atoms with Gasteiger partial charge in [0.2, 0.25) is 0 Å². The number of phenols is 1. The summed E-state index contributed by atoms with van der Waals surface area (Å²) in [5, 5.41) is 11.8. The third kappa shape index (κ3) is 2.52. The van der Waals surface area contributed by atoms with Crippen molar-refractivity contribution in [2.45, 2.75) is 0 Å². The lowest BCUT2D eigenvalue weighted by molar-refractivity contribution is 0.103. The van der Waals surface area contributed by atoms with Crippen molar-refractivity contribution in [1.82, 2.24) is 9.97 Å². The number of pyridine rings is 1. The highest BCUT2D eigenvalue weighted by molar-refractivity contribution is 6.14. The lowest BCUT2D eigenvalue weighted by atomic mass is 10.0. The number of H-pyrrole nitrogens is 1. The van der Waals surface area contributed by atoms with Crippen LogP contribution in [-0.2, 0) is 0 Å². The van der Waals surface area contributed by atoms with Crippen LogP contribution in [0.25, 0.3) is 21.9 Å². The second kappa shape index (κ2) is 6.07. The fourth-order valence-electron chi connectivity index (χ4n) is 2.98. The number of ether oxygens (including phenoxy) is 2. The topological polar surface area (TPSA) is 84.4 Å². The number of aromatic nitrogens is 2. The first kappa shape index (κ1) is 16.0. The van der Waals surface area contributed by atoms with Crippen LogP contribution in [0.3, 0.4) is 0 Å². The van der Waals surface area contributed by atoms with Crippen LogP contribution >= 0.6 is 0 Å². The predicted octanol–water partition coefficient (Wildman–Crippen LogP) is 3.67. The second-order valence-electron chi connectivity index (χ2n) is 5.87. The van der Waals surface area contributed by atoms with Crippen LogP contribution < -0.4 is 9.47 Å². The molecule has 0 bridgehead atoms. The van der Waals surface area contributed by atoms with Gasteiger partial charge in [-0.05, 0) is 42.5 Å². The normalized spacial score (nSPS) is 11.0. The number of fused-ring (bicyclic) bond motifs is 3. The summed E-state index contributed by atoms with van der Waals surface area (Å²) in [5.74, 6) is 0.794. The summed E-state index contributed by atoms with van der Waals surface area (Å²) >= 11 is 0. The number of carbonyl (C=O) groups excluding carboxylic acids is 1. The molecule has 0 aliphatic carbocycles. The zero-order valence-corrected chi connectivity index (χ0v) is 14.2. The van der Waals surface area contributed by atoms with Gasteiger partial charge >= 0.3 is 0 Å². The van der Waals surface area contributed by atoms with Crippen LogP contribution in [0.15, 0.2) is 48.7 Å². The average molecular weight is 348 g/mol. The molecule has 0 fully saturated rings. The highest BCUT2D eigenvalue weighted by Gasteiger charge is 2.17. The Hall–Kier alpha value is -3.54. The van der Waals surface area contributed by atoms with E-state index in [1.165, 1.54) is 25.4 Å². The van der Waals surface area contributed by atoms with E-state index in [-0.39, 0.29) is 17.1 Å². The Labute approximate surface area is 149 Å². The number of rotatable bonds is 4. The largest absolute Gasteiger partial charge is 0.507 e. The summed E-state index contributed by atoms with van der Waals surface area (Å²) in [6.45, 7) is 0. The summed E-state index contributed by atoms with van der Waals surface area (Å²) in [4.78, 5) is 20.4. The number of carbonyl (C=O) groups is 1. The molecule has 0 unspecified atom stereocenters. The highest BCUT2D eigenvalue weighted by atomic mass is 16.5. The summed E-state index contributed by atoms with van der Waals surface area (Å²) < 4.78 is 10.4. The highest BCUT2D eigenvalue weighted by Crippen LogP contribution is 2.30. The molecule has 2 aromatic carbocycles. The van der Waals surface area contributed by atoms with Gasteiger partial charge in [0.25, 0.3) is 0 Å². The second-order valence-corrected chi connectivity index (χ2v) is 5.87. The van der Waals surface area contributed by atoms with E-state index in [2.05, 4.69) is 9.97 Å². The van der Waals surface area contributed by atoms with Crippen LogP contribution in [0.2, 0.25) is 0 Å². The quantitative estimate of drug-likeness (QED) is 0.550. The first-order valence-corrected chi connectivity index (χ1v) is 7.98. The molecule has 6 nitrogen and oxygen atoms in total. The molecule has 26 heavy (non-hydrogen) atoms. The fourth-order valence-corrected chi connectivity index (χ4v) is 2.98. The molecule has 2 N–H and O–H groups in total. The Morgan fingerprint density at radius 2 is 1.73 bits per heavy atom. The predicted molar refractivity (Wildman–Crippen MR) is 98.2 cm³/mol. The number of aromatic hydroxyl groups is 1. The number of nitrogens with one attached hydrogen (secondary N) is 1. The molecule has 0 spiro atoms. The minimum Gasteiger partial charge on any atom is -0.507 e. The van der Waals surface area contributed by atoms with E-state index in [0.29, 0.717) is 17.0 Å². The van der Waals surface area contributed by atoms with Crippen LogP contribution in [0.4, 0.5) is 0 Å². The van der Waals surface area contributed by atoms with E-state index in [1.54, 1.807) is 19.2 Å². The first-order valence-electron chi connectivity index (χ1n) is 7.98. The minimum absolute atomic E-state index is 0.100. The number of ketones is 1. The fraction of sp³-hybridized carbons (Fsp3) is 0.100. The Kier molecular flexibility index (Phi) is 3.73. The smallest absolute Gasteiger partial charge is 0.198 e. The van der Waals surface area contributed by atoms with Crippen molar-refractivity contribution in [2.24, 2.45) is 0 Å². The van der Waals surface area contributed by atoms with Gasteiger partial charge in [-0.1, -0.05) is 0 Å². The molecule has 0 atom stereocenters. The van der Waals surface area contributed by atoms with Gasteiger partial charge < -0.3 is 19.6 Å². The molecule has 0 saturated heterocycles. The number of benzene rings is 2. The lowest BCUT2D eigenvalue weighted by Gasteiger charge is -2.06. The Balaban J connectivity index is 1.86. The maximum atomic E-state index is 12.9. The summed E-state index contributed by atoms with van der Waals surface area (Å²) in [5.41, 5.74) is 2.13. The number of hydrogen-bond donors (Lipinski definition) is 2. The molecule has 6 heteroatoms. The van der Waals surface area contributed by atoms with E-state index in [9.17, 15) is 9.90 Å². The van der Waals surface area contributed by atoms with E-state index in [1.807, 2.05) is 18.2 Å². The van der Waals surface area contributed by atoms with Crippen LogP contribution in [0.1, 0.15) is 15.9 Å². The molecule has 130 valence electrons. The van der Waals surface area contributed by atoms with Crippen LogP contribution in [0.5, 0.6) is 17.2 Å². The number of nitrogens with zero attached hydrogens (tertiary/aromatic N) is 1. The van der Waals surface area contributed by atoms with Gasteiger partial charge in [0.1, 0.15) is 22.9 Å². The summed E-state index contributed by atoms with van der Waals surface area (Å²) in [7, 11) is 3.11. The van der Waals surface area contributed by atoms with Gasteiger partial charge in [0, 0.05) is 28.0 Å². The Morgan fingerprint density at radius 3 is 2.50 bits per heavy atom. The van der Waals surface area contributed by atoms with Crippen molar-refractivity contribution >= 4 is 27.7 Å². The van der Waals surface area contributed by atoms with Crippen molar-refractivity contribution in [3.63, 3.8) is 0 Å². The maximum absolute atomic E-state index is 12.9. The number of aromatic amines is 1. The van der Waals surface area contributed by atoms with Crippen molar-refractivity contribution in [3.8, 4) is 17.2 Å². The molecule has 4 rings (SSSR count). The van der Waals surface area contributed by atoms with Crippen molar-refractivity contribution in [3.05, 3.63) is 59.8 Å². The molecule has 0 saturated carbocycles. The lowest BCUT2D eigenvalue weighted by Crippen LogP contribution is -2.03. The van der Waals surface area contributed by atoms with Gasteiger partial charge in [-0.2, -0.15) is 0 Å². The number of phenolic OH excluding ortho intramolecular Hbond substituents is 1. The number of hydrogen-bond acceptors (Lipinski definition) is 5. The molecular formula is C20H16N2O4. The monoisotopic (exact) mass is 348 g/mol. The SMILES string of the molecule is COc1ccc(O)c(C(=O)c2cnc3[nH]c4ccc(OC)cc4c3c2)c1. The zero-order chi connectivity index (χ0) is 18.3. The Morgan fingerprint density at radius 1 is 1.00 bits per heavy atom. The third-order valence-electron chi connectivity index (χ3n) is 4.37. The Bertz CT molecular complexity index is 1150. The van der Waals surface area contributed by atoms with Gasteiger partial charge in [-0.3, -0.25) is 4.79 Å². The maximum Gasteiger partial charge on any atom is 0.198 e. The minimum atomic E-state index is -0.326. The van der Waals surface area contributed by atoms with Gasteiger partial charge in [0.05, 0.1) is 19.8 Å². The van der Waals surface area contributed by atoms with Crippen LogP contribution in [-0.4, -0.2) is 35.1 Å². The van der Waals surface area contributed by atoms with Crippen molar-refractivity contribution < 1.29 is 19.4 Å². The van der Waals surface area contributed by atoms with Crippen molar-refractivity contribution in [1.29, 1.82) is 0 Å². The average Bonchev–Trinajstić information content (AvgIpc) is 3.04. The molecule has 0 aliphatic heterocycles. The molecule has 0 radical (unpaired) electrons. The van der Waals surface area contributed by atoms with Crippen molar-refractivity contribution in [2.75, 3.05) is 14.2 Å². The van der Waals surface area contributed by atoms with E-state index in [0.717, 1.165) is 22.0 Å². The molecule has 0 amide bonds. The zero-order valence-electron chi connectivity index (χ0n) is 14.2. The van der Waals surface area contributed by atoms with Gasteiger partial charge in [0.15, 0.2) is 5.78 Å². The van der Waals surface area contributed by atoms with E-state index >= 15 is 0 Å². The first-order chi connectivity index (χ1) is 12.6. The van der Waals surface area contributed by atoms with E-state index in [4.69, 9.17) is 9.47 Å². The third-order valence-corrected chi connectivity index (χ3v) is 4.37. The molecule has 0 aliphatic rings.